The number of hydrogen-bond donors (Lipinski definition) is 1. The number of nitrogens with one attached hydrogen (secondary N) is 1. The second-order valence-corrected chi connectivity index (χ2v) is 7.65. The molecule has 2 aromatic heterocycles. The van der Waals surface area contributed by atoms with Gasteiger partial charge in [-0.15, -0.1) is 11.3 Å². The summed E-state index contributed by atoms with van der Waals surface area (Å²) in [6.07, 6.45) is 4.54. The monoisotopic (exact) mass is 291 g/mol. The minimum absolute atomic E-state index is 0.0844. The average Bonchev–Trinajstić information content (AvgIpc) is 2.72. The topological polar surface area (TPSA) is 46.9 Å². The van der Waals surface area contributed by atoms with Crippen LogP contribution in [0.1, 0.15) is 44.1 Å². The molecule has 20 heavy (non-hydrogen) atoms. The van der Waals surface area contributed by atoms with E-state index in [1.165, 1.54) is 23.3 Å². The molecule has 0 atom stereocenters. The Hall–Kier alpha value is -1.36. The molecule has 5 heteroatoms. The Balaban J connectivity index is 2.22. The van der Waals surface area contributed by atoms with Crippen molar-refractivity contribution in [1.82, 2.24) is 9.55 Å². The zero-order valence-electron chi connectivity index (χ0n) is 12.5. The van der Waals surface area contributed by atoms with Crippen molar-refractivity contribution in [3.8, 4) is 0 Å². The molecule has 108 valence electrons. The van der Waals surface area contributed by atoms with Gasteiger partial charge in [0.25, 0.3) is 5.56 Å². The van der Waals surface area contributed by atoms with E-state index in [4.69, 9.17) is 4.98 Å². The van der Waals surface area contributed by atoms with Crippen molar-refractivity contribution < 1.29 is 0 Å². The van der Waals surface area contributed by atoms with E-state index in [1.807, 2.05) is 0 Å². The quantitative estimate of drug-likeness (QED) is 0.878. The zero-order valence-corrected chi connectivity index (χ0v) is 13.4. The first-order valence-corrected chi connectivity index (χ1v) is 7.98. The van der Waals surface area contributed by atoms with Gasteiger partial charge in [0, 0.05) is 17.5 Å². The molecule has 0 radical (unpaired) electrons. The second kappa shape index (κ2) is 4.58. The summed E-state index contributed by atoms with van der Waals surface area (Å²) in [6, 6.07) is 0. The lowest BCUT2D eigenvalue weighted by atomic mass is 9.97. The molecule has 0 aliphatic heterocycles. The summed E-state index contributed by atoms with van der Waals surface area (Å²) in [7, 11) is 1.80. The van der Waals surface area contributed by atoms with Gasteiger partial charge < -0.3 is 5.32 Å². The average molecular weight is 291 g/mol. The highest BCUT2D eigenvalue weighted by atomic mass is 32.1. The van der Waals surface area contributed by atoms with Gasteiger partial charge in [-0.3, -0.25) is 9.36 Å². The Labute approximate surface area is 122 Å². The lowest BCUT2D eigenvalue weighted by molar-refractivity contribution is 0.615. The summed E-state index contributed by atoms with van der Waals surface area (Å²) in [5, 5.41) is 4.17. The van der Waals surface area contributed by atoms with Crippen molar-refractivity contribution in [1.29, 1.82) is 0 Å². The highest BCUT2D eigenvalue weighted by Crippen LogP contribution is 2.34. The van der Waals surface area contributed by atoms with Gasteiger partial charge in [0.2, 0.25) is 5.95 Å². The third kappa shape index (κ3) is 2.24. The highest BCUT2D eigenvalue weighted by molar-refractivity contribution is 7.18. The fourth-order valence-corrected chi connectivity index (χ4v) is 3.98. The molecule has 0 aromatic carbocycles. The van der Waals surface area contributed by atoms with Crippen LogP contribution in [0.5, 0.6) is 0 Å². The molecule has 0 spiro atoms. The standard InChI is InChI=1S/C15H21N3OS/c1-15(2,3)17-14-16-12-11(13(19)18(14)4)9-7-5-6-8-10(9)20-12/h5-8H2,1-4H3,(H,16,17). The third-order valence-electron chi connectivity index (χ3n) is 3.68. The normalized spacial score (nSPS) is 15.4. The van der Waals surface area contributed by atoms with Gasteiger partial charge in [0.1, 0.15) is 4.83 Å². The summed E-state index contributed by atoms with van der Waals surface area (Å²) in [4.78, 5) is 19.6. The fourth-order valence-electron chi connectivity index (χ4n) is 2.73. The van der Waals surface area contributed by atoms with E-state index in [0.29, 0.717) is 5.95 Å². The molecular formula is C15H21N3OS. The molecule has 3 rings (SSSR count). The minimum Gasteiger partial charge on any atom is -0.351 e. The van der Waals surface area contributed by atoms with Crippen molar-refractivity contribution in [2.45, 2.75) is 52.0 Å². The van der Waals surface area contributed by atoms with Crippen LogP contribution in [-0.4, -0.2) is 15.1 Å². The van der Waals surface area contributed by atoms with Crippen LogP contribution in [0.4, 0.5) is 5.95 Å². The molecule has 0 fully saturated rings. The van der Waals surface area contributed by atoms with Crippen LogP contribution in [0.3, 0.4) is 0 Å². The highest BCUT2D eigenvalue weighted by Gasteiger charge is 2.22. The molecule has 2 aromatic rings. The molecule has 1 N–H and O–H groups in total. The predicted octanol–water partition coefficient (Wildman–Crippen LogP) is 3.08. The lowest BCUT2D eigenvalue weighted by Crippen LogP contribution is -2.32. The van der Waals surface area contributed by atoms with Gasteiger partial charge in [-0.05, 0) is 52.0 Å². The molecular weight excluding hydrogens is 270 g/mol. The van der Waals surface area contributed by atoms with Gasteiger partial charge in [-0.1, -0.05) is 0 Å². The summed E-state index contributed by atoms with van der Waals surface area (Å²) >= 11 is 1.70. The molecule has 0 bridgehead atoms. The third-order valence-corrected chi connectivity index (χ3v) is 4.87. The first-order valence-electron chi connectivity index (χ1n) is 7.16. The molecule has 4 nitrogen and oxygen atoms in total. The Kier molecular flexibility index (Phi) is 3.12. The van der Waals surface area contributed by atoms with Crippen LogP contribution >= 0.6 is 11.3 Å². The maximum Gasteiger partial charge on any atom is 0.263 e. The Morgan fingerprint density at radius 3 is 2.65 bits per heavy atom. The summed E-state index contributed by atoms with van der Waals surface area (Å²) in [6.45, 7) is 6.22. The number of anilines is 1. The number of aryl methyl sites for hydroxylation is 2. The van der Waals surface area contributed by atoms with E-state index in [1.54, 1.807) is 23.0 Å². The Morgan fingerprint density at radius 1 is 1.25 bits per heavy atom. The van der Waals surface area contributed by atoms with Crippen molar-refractivity contribution in [2.75, 3.05) is 5.32 Å². The van der Waals surface area contributed by atoms with Crippen LogP contribution in [0, 0.1) is 0 Å². The van der Waals surface area contributed by atoms with Crippen molar-refractivity contribution in [2.24, 2.45) is 7.05 Å². The predicted molar refractivity (Wildman–Crippen MR) is 84.9 cm³/mol. The van der Waals surface area contributed by atoms with E-state index in [-0.39, 0.29) is 11.1 Å². The Morgan fingerprint density at radius 2 is 1.95 bits per heavy atom. The largest absolute Gasteiger partial charge is 0.351 e. The molecule has 1 aliphatic rings. The van der Waals surface area contributed by atoms with E-state index in [2.05, 4.69) is 26.1 Å². The molecule has 0 saturated carbocycles. The van der Waals surface area contributed by atoms with Crippen molar-refractivity contribution in [3.05, 3.63) is 20.8 Å². The first kappa shape index (κ1) is 13.6. The molecule has 0 unspecified atom stereocenters. The maximum atomic E-state index is 12.7. The second-order valence-electron chi connectivity index (χ2n) is 6.57. The van der Waals surface area contributed by atoms with Crippen LogP contribution in [0.15, 0.2) is 4.79 Å². The molecule has 1 aliphatic carbocycles. The van der Waals surface area contributed by atoms with E-state index >= 15 is 0 Å². The van der Waals surface area contributed by atoms with E-state index in [0.717, 1.165) is 23.1 Å². The molecule has 2 heterocycles. The zero-order chi connectivity index (χ0) is 14.5. The van der Waals surface area contributed by atoms with E-state index in [9.17, 15) is 4.79 Å². The number of thiophene rings is 1. The fraction of sp³-hybridized carbons (Fsp3) is 0.600. The van der Waals surface area contributed by atoms with Crippen molar-refractivity contribution >= 4 is 27.5 Å². The van der Waals surface area contributed by atoms with Crippen molar-refractivity contribution in [3.63, 3.8) is 0 Å². The Bertz CT molecular complexity index is 721. The van der Waals surface area contributed by atoms with Gasteiger partial charge in [-0.2, -0.15) is 0 Å². The number of rotatable bonds is 1. The van der Waals surface area contributed by atoms with Gasteiger partial charge in [0.15, 0.2) is 0 Å². The van der Waals surface area contributed by atoms with E-state index < -0.39 is 0 Å². The molecule has 0 amide bonds. The lowest BCUT2D eigenvalue weighted by Gasteiger charge is -2.22. The van der Waals surface area contributed by atoms with Crippen LogP contribution < -0.4 is 10.9 Å². The van der Waals surface area contributed by atoms with Crippen LogP contribution in [0.25, 0.3) is 10.2 Å². The van der Waals surface area contributed by atoms with Crippen LogP contribution in [0.2, 0.25) is 0 Å². The maximum absolute atomic E-state index is 12.7. The summed E-state index contributed by atoms with van der Waals surface area (Å²) in [5.74, 6) is 0.661. The van der Waals surface area contributed by atoms with Gasteiger partial charge >= 0.3 is 0 Å². The SMILES string of the molecule is Cn1c(NC(C)(C)C)nc2sc3c(c2c1=O)CCCC3. The number of aromatic nitrogens is 2. The van der Waals surface area contributed by atoms with Gasteiger partial charge in [0.05, 0.1) is 5.39 Å². The number of nitrogens with zero attached hydrogens (tertiary/aromatic N) is 2. The first-order chi connectivity index (χ1) is 9.37. The van der Waals surface area contributed by atoms with Crippen LogP contribution in [-0.2, 0) is 19.9 Å². The minimum atomic E-state index is -0.109. The number of fused-ring (bicyclic) bond motifs is 3. The van der Waals surface area contributed by atoms with Gasteiger partial charge in [-0.25, -0.2) is 4.98 Å². The summed E-state index contributed by atoms with van der Waals surface area (Å²) < 4.78 is 1.65. The molecule has 0 saturated heterocycles. The summed E-state index contributed by atoms with van der Waals surface area (Å²) in [5.41, 5.74) is 1.23. The smallest absolute Gasteiger partial charge is 0.263 e. The number of hydrogen-bond acceptors (Lipinski definition) is 4.